The first kappa shape index (κ1) is 59.1. The van der Waals surface area contributed by atoms with Gasteiger partial charge in [0.25, 0.3) is 11.8 Å². The molecule has 0 bridgehead atoms. The number of anilines is 2. The summed E-state index contributed by atoms with van der Waals surface area (Å²) in [6.45, 7) is -0.216. The van der Waals surface area contributed by atoms with Crippen LogP contribution in [0.2, 0.25) is 5.02 Å². The molecule has 0 spiro atoms. The van der Waals surface area contributed by atoms with E-state index in [0.717, 1.165) is 51.9 Å². The van der Waals surface area contributed by atoms with Crippen LogP contribution in [0.1, 0.15) is 66.8 Å². The highest BCUT2D eigenvalue weighted by atomic mass is 35.5. The number of benzene rings is 4. The molecule has 4 aromatic carbocycles. The number of carbonyl (C=O) groups excluding carboxylic acids is 4. The van der Waals surface area contributed by atoms with E-state index in [4.69, 9.17) is 26.8 Å². The lowest BCUT2D eigenvalue weighted by Gasteiger charge is -2.39. The first-order valence-electron chi connectivity index (χ1n) is 25.2. The lowest BCUT2D eigenvalue weighted by atomic mass is 9.87. The van der Waals surface area contributed by atoms with Crippen molar-refractivity contribution in [2.24, 2.45) is 10.8 Å². The number of hydrogen-bond donors (Lipinski definition) is 3. The molecule has 3 heterocycles. The number of rotatable bonds is 23. The Hall–Kier alpha value is -7.05. The molecule has 1 aromatic heterocycles. The number of aromatic nitrogens is 1. The number of hydrazone groups is 1. The molecule has 1 saturated carbocycles. The Balaban J connectivity index is 0.932. The van der Waals surface area contributed by atoms with E-state index in [1.165, 1.54) is 59.6 Å². The highest BCUT2D eigenvalue weighted by Crippen LogP contribution is 2.51. The molecule has 422 valence electrons. The zero-order chi connectivity index (χ0) is 57.4. The summed E-state index contributed by atoms with van der Waals surface area (Å²) >= 11 is 7.78. The van der Waals surface area contributed by atoms with E-state index in [1.54, 1.807) is 12.1 Å². The third kappa shape index (κ3) is 13.4. The standard InChI is InChI=1S/C54H54ClF5N10O8S2/c1-67(52(74)70-54(17-7-18-61,35-8-3-2-4-9-35)79-50(66-70)42-29-36(56)12-13-44(42)58)21-23-78-25-24-77-22-20-64-80(75,76)40-28-37(57)27-39(30-40)68(51(73)45-14-15-47(71)69(45)46-26-34(33-62)16-19-63-46)48(41-10-5-6-11-43(41)55)49(72)65-38-31-53(59,60)32-38/h2-6,8-13,16,19,26-30,38,45,48,64H,7,14-15,17-18,20-25,31-32,61H2,1H3,(H,65,72)/t45-,48?,54?/m0/s1. The molecule has 3 atom stereocenters. The number of likely N-dealkylation sites (N-methyl/N-ethyl adjacent to an activating group) is 1. The van der Waals surface area contributed by atoms with E-state index < -0.39 is 104 Å². The molecule has 2 aliphatic heterocycles. The van der Waals surface area contributed by atoms with Crippen LogP contribution in [0.4, 0.5) is 38.3 Å². The van der Waals surface area contributed by atoms with Gasteiger partial charge >= 0.3 is 6.03 Å². The van der Waals surface area contributed by atoms with Gasteiger partial charge in [0.05, 0.1) is 43.0 Å². The monoisotopic (exact) mass is 1160 g/mol. The van der Waals surface area contributed by atoms with Gasteiger partial charge in [-0.1, -0.05) is 71.9 Å². The number of urea groups is 1. The van der Waals surface area contributed by atoms with Crippen molar-refractivity contribution in [3.05, 3.63) is 154 Å². The second-order valence-corrected chi connectivity index (χ2v) is 22.3. The number of amides is 5. The minimum atomic E-state index is -4.63. The van der Waals surface area contributed by atoms with Crippen LogP contribution in [0.25, 0.3) is 0 Å². The quantitative estimate of drug-likeness (QED) is 0.0425. The number of nitrogens with two attached hydrogens (primary N) is 1. The van der Waals surface area contributed by atoms with E-state index in [-0.39, 0.29) is 91.5 Å². The van der Waals surface area contributed by atoms with Crippen LogP contribution in [-0.4, -0.2) is 123 Å². The molecule has 1 saturated heterocycles. The van der Waals surface area contributed by atoms with Gasteiger partial charge in [0.1, 0.15) is 45.3 Å². The van der Waals surface area contributed by atoms with Crippen LogP contribution < -0.4 is 25.6 Å². The third-order valence-electron chi connectivity index (χ3n) is 13.3. The van der Waals surface area contributed by atoms with Crippen LogP contribution in [0, 0.1) is 28.8 Å². The smallest absolute Gasteiger partial charge is 0.341 e. The van der Waals surface area contributed by atoms with Gasteiger partial charge in [-0.2, -0.15) is 15.4 Å². The topological polar surface area (TPSA) is 233 Å². The van der Waals surface area contributed by atoms with E-state index in [9.17, 15) is 41.2 Å². The fourth-order valence-electron chi connectivity index (χ4n) is 9.37. The Bertz CT molecular complexity index is 3300. The van der Waals surface area contributed by atoms with Crippen molar-refractivity contribution in [3.63, 3.8) is 0 Å². The molecule has 80 heavy (non-hydrogen) atoms. The predicted octanol–water partition coefficient (Wildman–Crippen LogP) is 7.57. The van der Waals surface area contributed by atoms with Crippen molar-refractivity contribution in [2.75, 3.05) is 62.9 Å². The number of halogens is 6. The number of nitrogens with zero attached hydrogens (tertiary/aromatic N) is 7. The van der Waals surface area contributed by atoms with E-state index in [0.29, 0.717) is 24.5 Å². The van der Waals surface area contributed by atoms with Crippen LogP contribution in [-0.2, 0) is 38.8 Å². The Morgan fingerprint density at radius 2 is 1.68 bits per heavy atom. The summed E-state index contributed by atoms with van der Waals surface area (Å²) in [6.07, 6.45) is 0.265. The minimum Gasteiger partial charge on any atom is -0.378 e. The number of pyridine rings is 1. The maximum absolute atomic E-state index is 15.9. The Labute approximate surface area is 467 Å². The van der Waals surface area contributed by atoms with Crippen molar-refractivity contribution in [1.82, 2.24) is 24.9 Å². The number of alkyl halides is 2. The van der Waals surface area contributed by atoms with Crippen LogP contribution in [0.3, 0.4) is 0 Å². The molecule has 1 aliphatic carbocycles. The van der Waals surface area contributed by atoms with Gasteiger partial charge in [-0.3, -0.25) is 24.2 Å². The van der Waals surface area contributed by atoms with Crippen LogP contribution in [0.15, 0.2) is 119 Å². The molecule has 26 heteroatoms. The maximum atomic E-state index is 15.9. The van der Waals surface area contributed by atoms with Crippen molar-refractivity contribution < 1.29 is 59.0 Å². The summed E-state index contributed by atoms with van der Waals surface area (Å²) in [5.41, 5.74) is 6.09. The summed E-state index contributed by atoms with van der Waals surface area (Å²) in [6, 6.07) is 19.9. The molecule has 2 fully saturated rings. The molecular weight excluding hydrogens is 1110 g/mol. The number of sulfonamides is 1. The molecule has 18 nitrogen and oxygen atoms in total. The Morgan fingerprint density at radius 3 is 2.39 bits per heavy atom. The van der Waals surface area contributed by atoms with Gasteiger partial charge in [0, 0.05) is 73.5 Å². The fraction of sp³-hybridized carbons (Fsp3) is 0.352. The van der Waals surface area contributed by atoms with Crippen molar-refractivity contribution >= 4 is 73.7 Å². The minimum absolute atomic E-state index is 0.00422. The molecule has 2 unspecified atom stereocenters. The third-order valence-corrected chi connectivity index (χ3v) is 16.6. The van der Waals surface area contributed by atoms with E-state index >= 15 is 13.6 Å². The number of ether oxygens (including phenoxy) is 2. The number of thioether (sulfide) groups is 1. The molecular formula is C54H54ClF5N10O8S2. The molecule has 5 aromatic rings. The average Bonchev–Trinajstić information content (AvgIpc) is 4.06. The number of carbonyl (C=O) groups is 4. The lowest BCUT2D eigenvalue weighted by molar-refractivity contribution is -0.133. The Kier molecular flexibility index (Phi) is 18.9. The van der Waals surface area contributed by atoms with E-state index in [2.05, 4.69) is 20.1 Å². The molecule has 8 rings (SSSR count). The largest absolute Gasteiger partial charge is 0.378 e. The van der Waals surface area contributed by atoms with Crippen molar-refractivity contribution in [3.8, 4) is 6.07 Å². The predicted molar refractivity (Wildman–Crippen MR) is 287 cm³/mol. The normalized spacial score (nSPS) is 18.3. The summed E-state index contributed by atoms with van der Waals surface area (Å²) in [5, 5.41) is 18.0. The summed E-state index contributed by atoms with van der Waals surface area (Å²) in [5.74, 6) is -8.34. The number of hydrogen-bond acceptors (Lipinski definition) is 13. The fourth-order valence-corrected chi connectivity index (χ4v) is 12.1. The highest BCUT2D eigenvalue weighted by Gasteiger charge is 2.51. The zero-order valence-corrected chi connectivity index (χ0v) is 45.3. The number of nitrogens with one attached hydrogen (secondary N) is 2. The second-order valence-electron chi connectivity index (χ2n) is 18.9. The molecule has 4 N–H and O–H groups in total. The van der Waals surface area contributed by atoms with Crippen LogP contribution >= 0.6 is 23.4 Å². The van der Waals surface area contributed by atoms with Gasteiger partial charge in [0.2, 0.25) is 21.8 Å². The summed E-state index contributed by atoms with van der Waals surface area (Å²) < 4.78 is 115. The molecule has 5 amide bonds. The lowest BCUT2D eigenvalue weighted by Crippen LogP contribution is -2.56. The van der Waals surface area contributed by atoms with Crippen molar-refractivity contribution in [2.45, 2.75) is 72.3 Å². The van der Waals surface area contributed by atoms with Crippen molar-refractivity contribution in [1.29, 1.82) is 5.26 Å². The second kappa shape index (κ2) is 25.6. The molecule has 0 radical (unpaired) electrons. The van der Waals surface area contributed by atoms with Gasteiger partial charge in [-0.05, 0) is 86.0 Å². The summed E-state index contributed by atoms with van der Waals surface area (Å²) in [4.78, 5) is 62.8. The number of nitriles is 1. The molecule has 3 aliphatic rings. The van der Waals surface area contributed by atoms with Gasteiger partial charge < -0.3 is 25.4 Å². The Morgan fingerprint density at radius 1 is 0.950 bits per heavy atom. The first-order valence-corrected chi connectivity index (χ1v) is 27.9. The van der Waals surface area contributed by atoms with Gasteiger partial charge in [-0.25, -0.2) is 44.9 Å². The summed E-state index contributed by atoms with van der Waals surface area (Å²) in [7, 11) is -3.10. The highest BCUT2D eigenvalue weighted by molar-refractivity contribution is 8.15. The maximum Gasteiger partial charge on any atom is 0.341 e. The van der Waals surface area contributed by atoms with E-state index in [1.807, 2.05) is 24.3 Å². The zero-order valence-electron chi connectivity index (χ0n) is 42.9. The van der Waals surface area contributed by atoms with Gasteiger partial charge in [-0.15, -0.1) is 0 Å². The van der Waals surface area contributed by atoms with Gasteiger partial charge in [0.15, 0.2) is 0 Å². The SMILES string of the molecule is CN(CCOCCOCCNS(=O)(=O)c1cc(F)cc(N(C(=O)[C@@H]2CCC(=O)N2c2cc(C#N)ccn2)C(C(=O)NC2CC(F)(F)C2)c2ccccc2Cl)c1)C(=O)N1N=C(c2cc(F)ccc2F)SC1(CCCN)c1ccccc1. The van der Waals surface area contributed by atoms with Crippen LogP contribution in [0.5, 0.6) is 0 Å². The average molecular weight is 1170 g/mol. The first-order chi connectivity index (χ1) is 38.3.